The molecule has 0 unspecified atom stereocenters. The van der Waals surface area contributed by atoms with Gasteiger partial charge in [-0.15, -0.1) is 9.45 Å². The fourth-order valence-electron chi connectivity index (χ4n) is 3.67. The molecule has 0 saturated carbocycles. The van der Waals surface area contributed by atoms with E-state index in [-0.39, 0.29) is 152 Å². The molecule has 1 heterocycles. The molecule has 0 radical (unpaired) electrons. The van der Waals surface area contributed by atoms with Crippen molar-refractivity contribution >= 4 is 97.6 Å². The Labute approximate surface area is 373 Å². The topological polar surface area (TPSA) is 276 Å². The van der Waals surface area contributed by atoms with Crippen LogP contribution in [0.15, 0.2) is 68.6 Å². The van der Waals surface area contributed by atoms with Crippen molar-refractivity contribution in [2.24, 2.45) is 10.2 Å². The second-order valence-corrected chi connectivity index (χ2v) is 13.0. The first-order valence-electron chi connectivity index (χ1n) is 12.7. The van der Waals surface area contributed by atoms with Crippen LogP contribution in [-0.2, 0) is 42.1 Å². The molecular weight excluding hydrogens is 815 g/mol. The number of benzene rings is 3. The molecule has 0 saturated heterocycles. The number of azo groups is 1. The van der Waals surface area contributed by atoms with Crippen molar-refractivity contribution in [2.45, 2.75) is 9.79 Å². The Hall–Kier alpha value is -0.180. The van der Waals surface area contributed by atoms with Crippen molar-refractivity contribution in [1.29, 1.82) is 0 Å². The molecule has 4 aromatic rings. The molecule has 0 aliphatic carbocycles. The van der Waals surface area contributed by atoms with Crippen LogP contribution in [0, 0.1) is 0 Å². The largest absolute Gasteiger partial charge is 1.00 e. The number of hydrogen-bond acceptors (Lipinski definition) is 23. The molecule has 258 valence electrons. The molecule has 0 fully saturated rings. The summed E-state index contributed by atoms with van der Waals surface area (Å²) in [5.41, 5.74) is 0.626. The van der Waals surface area contributed by atoms with Crippen LogP contribution in [0.1, 0.15) is 0 Å². The molecule has 3 aromatic carbocycles. The normalized spacial score (nSPS) is 11.1. The zero-order valence-corrected chi connectivity index (χ0v) is 36.6. The number of sulfone groups is 1. The molecule has 0 aliphatic rings. The molecule has 0 spiro atoms. The quantitative estimate of drug-likeness (QED) is 0.0187. The van der Waals surface area contributed by atoms with Crippen molar-refractivity contribution in [3.63, 3.8) is 0 Å². The van der Waals surface area contributed by atoms with Gasteiger partial charge < -0.3 is 31.5 Å². The fourth-order valence-corrected chi connectivity index (χ4v) is 6.02. The summed E-state index contributed by atoms with van der Waals surface area (Å²) in [6, 6.07) is 11.7. The Morgan fingerprint density at radius 2 is 1.59 bits per heavy atom. The number of halogens is 1. The van der Waals surface area contributed by atoms with Gasteiger partial charge in [0.1, 0.15) is 5.69 Å². The third-order valence-electron chi connectivity index (χ3n) is 5.61. The summed E-state index contributed by atoms with van der Waals surface area (Å²) in [5.74, 6) is -0.169. The van der Waals surface area contributed by atoms with Gasteiger partial charge >= 0.3 is 88.7 Å². The second kappa shape index (κ2) is 25.8. The van der Waals surface area contributed by atoms with Crippen LogP contribution in [0.5, 0.6) is 5.75 Å². The number of fused-ring (bicyclic) bond motifs is 1. The molecule has 28 heteroatoms. The Morgan fingerprint density at radius 3 is 2.29 bits per heavy atom. The first-order valence-corrected chi connectivity index (χ1v) is 17.0. The smallest absolute Gasteiger partial charge is 0.691 e. The minimum Gasteiger partial charge on any atom is -0.691 e. The molecule has 4 rings (SSSR count). The van der Waals surface area contributed by atoms with E-state index in [4.69, 9.17) is 15.8 Å². The minimum atomic E-state index is -3.75. The molecule has 1 aromatic heterocycles. The van der Waals surface area contributed by atoms with Crippen LogP contribution < -0.4 is 115 Å². The molecule has 3 N–H and O–H groups in total. The number of aromatic nitrogens is 3. The van der Waals surface area contributed by atoms with Gasteiger partial charge in [-0.05, 0) is 65.5 Å². The van der Waals surface area contributed by atoms with Crippen molar-refractivity contribution in [3.8, 4) is 5.75 Å². The van der Waals surface area contributed by atoms with Crippen LogP contribution >= 0.6 is 48.0 Å². The van der Waals surface area contributed by atoms with Crippen LogP contribution in [0.25, 0.3) is 10.8 Å². The van der Waals surface area contributed by atoms with Gasteiger partial charge in [0.15, 0.2) is 27.9 Å². The van der Waals surface area contributed by atoms with E-state index >= 15 is 0 Å². The van der Waals surface area contributed by atoms with Gasteiger partial charge in [0.05, 0.1) is 39.9 Å². The van der Waals surface area contributed by atoms with Crippen LogP contribution in [-0.4, -0.2) is 53.1 Å². The summed E-state index contributed by atoms with van der Waals surface area (Å²) >= 11 is 7.47. The summed E-state index contributed by atoms with van der Waals surface area (Å²) in [6.07, 6.45) is 0. The van der Waals surface area contributed by atoms with Crippen molar-refractivity contribution in [1.82, 2.24) is 15.0 Å². The summed E-state index contributed by atoms with van der Waals surface area (Å²) in [6.45, 7) is 0.0225. The zero-order chi connectivity index (χ0) is 34.4. The molecule has 20 nitrogen and oxygen atoms in total. The number of phenols is 1. The van der Waals surface area contributed by atoms with Crippen LogP contribution in [0.2, 0.25) is 5.28 Å². The summed E-state index contributed by atoms with van der Waals surface area (Å²) < 4.78 is 42.3. The van der Waals surface area contributed by atoms with E-state index in [1.54, 1.807) is 24.3 Å². The zero-order valence-electron chi connectivity index (χ0n) is 26.5. The monoisotopic (exact) mass is 833 g/mol. The minimum absolute atomic E-state index is 0. The van der Waals surface area contributed by atoms with E-state index in [1.807, 2.05) is 0 Å². The van der Waals surface area contributed by atoms with Crippen LogP contribution in [0.3, 0.4) is 0 Å². The number of nitrogens with one attached hydrogen (secondary N) is 2. The van der Waals surface area contributed by atoms with E-state index in [9.17, 15) is 29.3 Å². The van der Waals surface area contributed by atoms with E-state index in [2.05, 4.69) is 63.9 Å². The van der Waals surface area contributed by atoms with Crippen molar-refractivity contribution < 1.29 is 150 Å². The maximum Gasteiger partial charge on any atom is 1.00 e. The van der Waals surface area contributed by atoms with Gasteiger partial charge in [-0.3, -0.25) is 19.3 Å². The number of anilines is 3. The Balaban J connectivity index is 0.00000433. The van der Waals surface area contributed by atoms with E-state index < -0.39 is 15.6 Å². The first kappa shape index (κ1) is 48.8. The van der Waals surface area contributed by atoms with E-state index in [0.717, 1.165) is 12.0 Å². The predicted molar refractivity (Wildman–Crippen MR) is 163 cm³/mol. The molecular formula is C23H19ClN7Na3O13S4. The van der Waals surface area contributed by atoms with Gasteiger partial charge in [0, 0.05) is 35.4 Å². The summed E-state index contributed by atoms with van der Waals surface area (Å²) in [5, 5.41) is 65.8. The van der Waals surface area contributed by atoms with E-state index in [0.29, 0.717) is 40.8 Å². The van der Waals surface area contributed by atoms with Gasteiger partial charge in [-0.25, -0.2) is 8.42 Å². The SMILES string of the molecule is O=S(=O)(CCOSOO[O-])c1ccc(N=Nc2c(SOO[O-])cc3cc(Nc4nc(Cl)nc(NCCSOO[O-])n4)ccc3c2O)cc1.[Na+].[Na+].[Na+]. The van der Waals surface area contributed by atoms with Gasteiger partial charge in [0.25, 0.3) is 0 Å². The molecule has 0 bridgehead atoms. The summed E-state index contributed by atoms with van der Waals surface area (Å²) in [7, 11) is -3.75. The maximum absolute atomic E-state index is 12.5. The number of nitrogens with zero attached hydrogens (tertiary/aromatic N) is 5. The summed E-state index contributed by atoms with van der Waals surface area (Å²) in [4.78, 5) is 12.3. The Bertz CT molecular complexity index is 1810. The fraction of sp³-hybridized carbons (Fsp3) is 0.174. The molecule has 0 aliphatic heterocycles. The average Bonchev–Trinajstić information content (AvgIpc) is 3.06. The third kappa shape index (κ3) is 15.8. The number of rotatable bonds is 20. The second-order valence-electron chi connectivity index (χ2n) is 8.53. The maximum atomic E-state index is 12.5. The molecule has 0 amide bonds. The average molecular weight is 834 g/mol. The van der Waals surface area contributed by atoms with Crippen molar-refractivity contribution in [3.05, 3.63) is 53.8 Å². The third-order valence-corrected chi connectivity index (χ3v) is 8.99. The van der Waals surface area contributed by atoms with E-state index in [1.165, 1.54) is 24.3 Å². The Kier molecular flexibility index (Phi) is 24.7. The number of aromatic hydroxyl groups is 1. The first-order chi connectivity index (χ1) is 23.2. The standard InChI is InChI=1S/C23H22ClN7O13S4.3Na/c24-21-27-22(25-7-9-45-42-39-33)29-23(28-21)26-15-3-6-17-13(11-15)12-18(46-43-40-34)19(20(17)32)31-30-14-1-4-16(5-2-14)48(36,37)10-8-38-47-44-41-35;;;/h1-6,11-12,32-35H,7-10H2,(H2,25,26,27,28,29);;;/q;3*+1/p-3. The van der Waals surface area contributed by atoms with Gasteiger partial charge in [-0.1, -0.05) is 0 Å². The predicted octanol–water partition coefficient (Wildman–Crippen LogP) is -6.35. The molecule has 51 heavy (non-hydrogen) atoms. The van der Waals surface area contributed by atoms with Crippen molar-refractivity contribution in [2.75, 3.05) is 35.3 Å². The van der Waals surface area contributed by atoms with Gasteiger partial charge in [-0.2, -0.15) is 28.7 Å². The molecule has 0 atom stereocenters. The Morgan fingerprint density at radius 1 is 0.882 bits per heavy atom. The van der Waals surface area contributed by atoms with Crippen LogP contribution in [0.4, 0.5) is 29.0 Å². The number of hydrogen-bond donors (Lipinski definition) is 3. The number of phenolic OH excluding ortho intramolecular Hbond substituents is 1. The van der Waals surface area contributed by atoms with Gasteiger partial charge in [0.2, 0.25) is 17.2 Å².